The first kappa shape index (κ1) is 14.1. The summed E-state index contributed by atoms with van der Waals surface area (Å²) in [4.78, 5) is 21.2. The van der Waals surface area contributed by atoms with E-state index in [1.807, 2.05) is 6.92 Å². The largest absolute Gasteiger partial charge is 0.355 e. The number of nitrogens with zero attached hydrogens (tertiary/aromatic N) is 5. The molecule has 0 saturated carbocycles. The molecule has 1 saturated heterocycles. The van der Waals surface area contributed by atoms with E-state index in [1.165, 1.54) is 0 Å². The molecule has 2 aromatic rings. The van der Waals surface area contributed by atoms with Crippen molar-refractivity contribution in [3.8, 4) is 0 Å². The Morgan fingerprint density at radius 1 is 1.38 bits per heavy atom. The van der Waals surface area contributed by atoms with Crippen molar-refractivity contribution >= 4 is 22.9 Å². The minimum atomic E-state index is 0.511. The Hall–Kier alpha value is -1.89. The molecule has 0 aliphatic carbocycles. The van der Waals surface area contributed by atoms with E-state index in [0.717, 1.165) is 49.5 Å². The highest BCUT2D eigenvalue weighted by molar-refractivity contribution is 5.84. The van der Waals surface area contributed by atoms with Gasteiger partial charge in [0.05, 0.1) is 6.33 Å². The summed E-state index contributed by atoms with van der Waals surface area (Å²) < 4.78 is 0. The van der Waals surface area contributed by atoms with Gasteiger partial charge in [-0.15, -0.1) is 0 Å². The second-order valence-corrected chi connectivity index (χ2v) is 5.65. The van der Waals surface area contributed by atoms with Gasteiger partial charge >= 0.3 is 0 Å². The highest BCUT2D eigenvalue weighted by atomic mass is 15.3. The number of anilines is 2. The van der Waals surface area contributed by atoms with Gasteiger partial charge in [0.15, 0.2) is 11.5 Å². The number of aromatic nitrogens is 4. The second kappa shape index (κ2) is 5.85. The maximum Gasteiger partial charge on any atom is 0.226 e. The Kier molecular flexibility index (Phi) is 3.92. The molecule has 0 aromatic carbocycles. The van der Waals surface area contributed by atoms with E-state index < -0.39 is 0 Å². The molecule has 0 spiro atoms. The third kappa shape index (κ3) is 2.78. The zero-order valence-electron chi connectivity index (χ0n) is 12.9. The summed E-state index contributed by atoms with van der Waals surface area (Å²) in [6.07, 6.45) is 3.99. The summed E-state index contributed by atoms with van der Waals surface area (Å²) in [5.74, 6) is 1.58. The number of imidazole rings is 1. The van der Waals surface area contributed by atoms with Crippen LogP contribution in [0, 0.1) is 0 Å². The number of likely N-dealkylation sites (tertiary alicyclic amines) is 1. The van der Waals surface area contributed by atoms with Gasteiger partial charge in [0.1, 0.15) is 5.52 Å². The third-order valence-corrected chi connectivity index (χ3v) is 4.17. The van der Waals surface area contributed by atoms with Crippen molar-refractivity contribution in [3.63, 3.8) is 0 Å². The van der Waals surface area contributed by atoms with Crippen molar-refractivity contribution in [1.29, 1.82) is 0 Å². The summed E-state index contributed by atoms with van der Waals surface area (Å²) in [6, 6.07) is 0.511. The topological polar surface area (TPSA) is 73.0 Å². The van der Waals surface area contributed by atoms with Gasteiger partial charge in [-0.25, -0.2) is 4.98 Å². The number of nitrogens with one attached hydrogen (secondary N) is 2. The molecule has 0 atom stereocenters. The van der Waals surface area contributed by atoms with Gasteiger partial charge in [0.2, 0.25) is 5.95 Å². The number of fused-ring (bicyclic) bond motifs is 1. The molecule has 0 unspecified atom stereocenters. The van der Waals surface area contributed by atoms with Crippen LogP contribution >= 0.6 is 0 Å². The fraction of sp³-hybridized carbons (Fsp3) is 0.643. The van der Waals surface area contributed by atoms with E-state index in [2.05, 4.69) is 49.1 Å². The molecule has 114 valence electrons. The molecule has 0 bridgehead atoms. The quantitative estimate of drug-likeness (QED) is 0.884. The zero-order chi connectivity index (χ0) is 14.8. The maximum absolute atomic E-state index is 4.68. The Balaban J connectivity index is 1.92. The SMILES string of the molecule is CCNc1nc(N(C)C2CCN(C)CC2)c2[nH]cnc2n1. The van der Waals surface area contributed by atoms with Crippen LogP contribution in [-0.4, -0.2) is 64.6 Å². The molecule has 7 heteroatoms. The molecule has 1 aliphatic heterocycles. The first-order valence-corrected chi connectivity index (χ1v) is 7.55. The molecule has 3 rings (SSSR count). The highest BCUT2D eigenvalue weighted by Crippen LogP contribution is 2.26. The molecule has 0 amide bonds. The predicted octanol–water partition coefficient (Wildman–Crippen LogP) is 1.32. The Labute approximate surface area is 124 Å². The molecule has 2 N–H and O–H groups in total. The van der Waals surface area contributed by atoms with Gasteiger partial charge in [-0.05, 0) is 39.9 Å². The lowest BCUT2D eigenvalue weighted by Crippen LogP contribution is -2.42. The summed E-state index contributed by atoms with van der Waals surface area (Å²) in [7, 11) is 4.30. The average Bonchev–Trinajstić information content (AvgIpc) is 2.95. The van der Waals surface area contributed by atoms with Gasteiger partial charge < -0.3 is 20.1 Å². The van der Waals surface area contributed by atoms with Crippen LogP contribution in [0.5, 0.6) is 0 Å². The maximum atomic E-state index is 4.68. The molecule has 2 aromatic heterocycles. The Morgan fingerprint density at radius 3 is 2.86 bits per heavy atom. The van der Waals surface area contributed by atoms with Gasteiger partial charge in [0.25, 0.3) is 0 Å². The number of hydrogen-bond donors (Lipinski definition) is 2. The van der Waals surface area contributed by atoms with Crippen molar-refractivity contribution in [3.05, 3.63) is 6.33 Å². The second-order valence-electron chi connectivity index (χ2n) is 5.65. The van der Waals surface area contributed by atoms with E-state index in [0.29, 0.717) is 12.0 Å². The van der Waals surface area contributed by atoms with Crippen LogP contribution in [0.1, 0.15) is 19.8 Å². The molecule has 3 heterocycles. The van der Waals surface area contributed by atoms with Crippen LogP contribution in [0.3, 0.4) is 0 Å². The standard InChI is InChI=1S/C14H23N7/c1-4-15-14-18-12-11(16-9-17-12)13(19-14)21(3)10-5-7-20(2)8-6-10/h9-10H,4-8H2,1-3H3,(H2,15,16,17,18,19). The van der Waals surface area contributed by atoms with Crippen molar-refractivity contribution in [1.82, 2.24) is 24.8 Å². The molecular formula is C14H23N7. The lowest BCUT2D eigenvalue weighted by Gasteiger charge is -2.35. The summed E-state index contributed by atoms with van der Waals surface area (Å²) in [6.45, 7) is 5.10. The van der Waals surface area contributed by atoms with Crippen molar-refractivity contribution in [2.45, 2.75) is 25.8 Å². The number of rotatable bonds is 4. The number of hydrogen-bond acceptors (Lipinski definition) is 6. The average molecular weight is 289 g/mol. The van der Waals surface area contributed by atoms with Crippen LogP contribution in [-0.2, 0) is 0 Å². The number of aromatic amines is 1. The minimum absolute atomic E-state index is 0.511. The van der Waals surface area contributed by atoms with E-state index in [1.54, 1.807) is 6.33 Å². The molecule has 1 aliphatic rings. The normalized spacial score (nSPS) is 17.3. The van der Waals surface area contributed by atoms with Gasteiger partial charge in [-0.1, -0.05) is 0 Å². The number of H-pyrrole nitrogens is 1. The van der Waals surface area contributed by atoms with E-state index >= 15 is 0 Å². The van der Waals surface area contributed by atoms with Crippen LogP contribution in [0.4, 0.5) is 11.8 Å². The lowest BCUT2D eigenvalue weighted by atomic mass is 10.0. The summed E-state index contributed by atoms with van der Waals surface area (Å²) in [5.41, 5.74) is 1.63. The smallest absolute Gasteiger partial charge is 0.226 e. The van der Waals surface area contributed by atoms with Crippen molar-refractivity contribution in [2.24, 2.45) is 0 Å². The van der Waals surface area contributed by atoms with Gasteiger partial charge in [-0.2, -0.15) is 9.97 Å². The van der Waals surface area contributed by atoms with Crippen LogP contribution < -0.4 is 10.2 Å². The molecular weight excluding hydrogens is 266 g/mol. The van der Waals surface area contributed by atoms with Crippen LogP contribution in [0.15, 0.2) is 6.33 Å². The highest BCUT2D eigenvalue weighted by Gasteiger charge is 2.24. The van der Waals surface area contributed by atoms with Crippen LogP contribution in [0.25, 0.3) is 11.2 Å². The van der Waals surface area contributed by atoms with E-state index in [9.17, 15) is 0 Å². The van der Waals surface area contributed by atoms with Crippen LogP contribution in [0.2, 0.25) is 0 Å². The molecule has 21 heavy (non-hydrogen) atoms. The molecule has 1 fully saturated rings. The lowest BCUT2D eigenvalue weighted by molar-refractivity contribution is 0.252. The zero-order valence-corrected chi connectivity index (χ0v) is 12.9. The third-order valence-electron chi connectivity index (χ3n) is 4.17. The fourth-order valence-electron chi connectivity index (χ4n) is 2.87. The fourth-order valence-corrected chi connectivity index (χ4v) is 2.87. The predicted molar refractivity (Wildman–Crippen MR) is 84.8 cm³/mol. The van der Waals surface area contributed by atoms with E-state index in [4.69, 9.17) is 0 Å². The minimum Gasteiger partial charge on any atom is -0.355 e. The summed E-state index contributed by atoms with van der Waals surface area (Å²) in [5, 5.41) is 3.18. The van der Waals surface area contributed by atoms with Gasteiger partial charge in [-0.3, -0.25) is 0 Å². The first-order valence-electron chi connectivity index (χ1n) is 7.55. The Bertz CT molecular complexity index is 600. The molecule has 7 nitrogen and oxygen atoms in total. The molecule has 0 radical (unpaired) electrons. The van der Waals surface area contributed by atoms with E-state index in [-0.39, 0.29) is 0 Å². The van der Waals surface area contributed by atoms with Crippen molar-refractivity contribution in [2.75, 3.05) is 43.9 Å². The first-order chi connectivity index (χ1) is 10.2. The number of piperidine rings is 1. The monoisotopic (exact) mass is 289 g/mol. The van der Waals surface area contributed by atoms with Crippen molar-refractivity contribution < 1.29 is 0 Å². The summed E-state index contributed by atoms with van der Waals surface area (Å²) >= 11 is 0. The Morgan fingerprint density at radius 2 is 2.14 bits per heavy atom. The van der Waals surface area contributed by atoms with Gasteiger partial charge in [0, 0.05) is 19.6 Å².